The molecule has 0 saturated carbocycles. The highest BCUT2D eigenvalue weighted by Gasteiger charge is 2.14. The number of hydrogen-bond donors (Lipinski definition) is 2. The first-order valence-corrected chi connectivity index (χ1v) is 7.06. The van der Waals surface area contributed by atoms with Crippen molar-refractivity contribution in [1.29, 1.82) is 0 Å². The lowest BCUT2D eigenvalue weighted by Crippen LogP contribution is -2.37. The Balaban J connectivity index is 3.66. The van der Waals surface area contributed by atoms with Crippen molar-refractivity contribution >= 4 is 16.8 Å². The molecule has 2 atom stereocenters. The van der Waals surface area contributed by atoms with E-state index in [4.69, 9.17) is 5.11 Å². The first-order valence-electron chi connectivity index (χ1n) is 5.34. The summed E-state index contributed by atoms with van der Waals surface area (Å²) in [4.78, 5) is 10.8. The highest BCUT2D eigenvalue weighted by atomic mass is 32.2. The van der Waals surface area contributed by atoms with Gasteiger partial charge in [0.2, 0.25) is 0 Å². The number of aliphatic carboxylic acids is 1. The number of carbonyl (C=O) groups is 1. The van der Waals surface area contributed by atoms with Crippen molar-refractivity contribution in [3.05, 3.63) is 0 Å². The largest absolute Gasteiger partial charge is 0.480 e. The Bertz CT molecular complexity index is 209. The fraction of sp³-hybridized carbons (Fsp3) is 0.900. The molecule has 90 valence electrons. The van der Waals surface area contributed by atoms with Crippen molar-refractivity contribution in [2.24, 2.45) is 0 Å². The molecule has 15 heavy (non-hydrogen) atoms. The van der Waals surface area contributed by atoms with Crippen LogP contribution in [0.2, 0.25) is 0 Å². The van der Waals surface area contributed by atoms with E-state index < -0.39 is 22.8 Å². The van der Waals surface area contributed by atoms with E-state index in [1.807, 2.05) is 6.92 Å². The minimum Gasteiger partial charge on any atom is -0.480 e. The number of unbranched alkanes of at least 4 members (excludes halogenated alkanes) is 1. The van der Waals surface area contributed by atoms with Crippen molar-refractivity contribution in [2.75, 3.05) is 18.6 Å². The summed E-state index contributed by atoms with van der Waals surface area (Å²) in [6.07, 6.45) is 5.01. The molecule has 0 bridgehead atoms. The first-order chi connectivity index (χ1) is 7.07. The van der Waals surface area contributed by atoms with E-state index in [1.54, 1.807) is 6.26 Å². The predicted molar refractivity (Wildman–Crippen MR) is 62.5 cm³/mol. The summed E-state index contributed by atoms with van der Waals surface area (Å²) in [5, 5.41) is 11.9. The summed E-state index contributed by atoms with van der Waals surface area (Å²) in [6.45, 7) is 2.67. The van der Waals surface area contributed by atoms with E-state index in [0.717, 1.165) is 19.3 Å². The number of carboxylic acid groups (broad SMARTS) is 1. The van der Waals surface area contributed by atoms with Gasteiger partial charge in [0.05, 0.1) is 0 Å². The summed E-state index contributed by atoms with van der Waals surface area (Å²) in [5.41, 5.74) is 0. The average molecular weight is 235 g/mol. The van der Waals surface area contributed by atoms with Gasteiger partial charge >= 0.3 is 5.97 Å². The van der Waals surface area contributed by atoms with Gasteiger partial charge in [0.1, 0.15) is 6.04 Å². The van der Waals surface area contributed by atoms with Crippen LogP contribution in [0, 0.1) is 0 Å². The van der Waals surface area contributed by atoms with Crippen LogP contribution < -0.4 is 5.32 Å². The predicted octanol–water partition coefficient (Wildman–Crippen LogP) is 0.988. The molecule has 0 aromatic rings. The van der Waals surface area contributed by atoms with Gasteiger partial charge in [-0.3, -0.25) is 9.00 Å². The number of rotatable bonds is 9. The number of hydrogen-bond acceptors (Lipinski definition) is 3. The molecule has 2 unspecified atom stereocenters. The molecule has 5 heteroatoms. The molecule has 0 aliphatic carbocycles. The zero-order valence-electron chi connectivity index (χ0n) is 9.49. The van der Waals surface area contributed by atoms with Crippen LogP contribution in [0.15, 0.2) is 0 Å². The third-order valence-electron chi connectivity index (χ3n) is 2.14. The van der Waals surface area contributed by atoms with Crippen molar-refractivity contribution in [3.63, 3.8) is 0 Å². The van der Waals surface area contributed by atoms with Gasteiger partial charge in [-0.2, -0.15) is 0 Å². The molecule has 2 N–H and O–H groups in total. The lowest BCUT2D eigenvalue weighted by molar-refractivity contribution is -0.139. The molecular weight excluding hydrogens is 214 g/mol. The lowest BCUT2D eigenvalue weighted by Gasteiger charge is -2.13. The fourth-order valence-corrected chi connectivity index (χ4v) is 1.82. The van der Waals surface area contributed by atoms with Gasteiger partial charge in [-0.1, -0.05) is 19.8 Å². The van der Waals surface area contributed by atoms with Crippen molar-refractivity contribution in [2.45, 2.75) is 38.6 Å². The Morgan fingerprint density at radius 2 is 2.13 bits per heavy atom. The molecule has 0 aliphatic heterocycles. The normalized spacial score (nSPS) is 14.8. The van der Waals surface area contributed by atoms with Crippen LogP contribution in [0.5, 0.6) is 0 Å². The number of nitrogens with one attached hydrogen (secondary N) is 1. The summed E-state index contributed by atoms with van der Waals surface area (Å²) in [6, 6.07) is -0.449. The van der Waals surface area contributed by atoms with E-state index in [9.17, 15) is 9.00 Å². The third-order valence-corrected chi connectivity index (χ3v) is 3.01. The second-order valence-corrected chi connectivity index (χ2v) is 5.17. The van der Waals surface area contributed by atoms with E-state index in [2.05, 4.69) is 5.32 Å². The van der Waals surface area contributed by atoms with Gasteiger partial charge in [-0.25, -0.2) is 0 Å². The van der Waals surface area contributed by atoms with Crippen LogP contribution in [0.4, 0.5) is 0 Å². The molecule has 0 aromatic carbocycles. The van der Waals surface area contributed by atoms with Crippen molar-refractivity contribution in [1.82, 2.24) is 5.32 Å². The van der Waals surface area contributed by atoms with Gasteiger partial charge in [-0.15, -0.1) is 0 Å². The van der Waals surface area contributed by atoms with E-state index in [-0.39, 0.29) is 0 Å². The van der Waals surface area contributed by atoms with Gasteiger partial charge < -0.3 is 10.4 Å². The van der Waals surface area contributed by atoms with E-state index in [1.165, 1.54) is 0 Å². The molecule has 0 heterocycles. The number of carboxylic acids is 1. The Hall–Kier alpha value is -0.420. The first kappa shape index (κ1) is 14.6. The van der Waals surface area contributed by atoms with E-state index >= 15 is 0 Å². The molecule has 0 rings (SSSR count). The van der Waals surface area contributed by atoms with Crippen LogP contribution in [-0.4, -0.2) is 39.9 Å². The second kappa shape index (κ2) is 8.85. The Kier molecular flexibility index (Phi) is 8.61. The Morgan fingerprint density at radius 1 is 1.47 bits per heavy atom. The lowest BCUT2D eigenvalue weighted by atomic mass is 10.1. The van der Waals surface area contributed by atoms with Crippen LogP contribution in [0.3, 0.4) is 0 Å². The maximum atomic E-state index is 10.8. The van der Waals surface area contributed by atoms with Gasteiger partial charge in [0.15, 0.2) is 0 Å². The minimum atomic E-state index is -0.791. The zero-order chi connectivity index (χ0) is 11.7. The Morgan fingerprint density at radius 3 is 2.60 bits per heavy atom. The van der Waals surface area contributed by atoms with Gasteiger partial charge in [0.25, 0.3) is 0 Å². The standard InChI is InChI=1S/C10H21NO3S/c1-3-4-6-9(10(12)13)11-7-5-8-15(2)14/h9,11H,3-8H2,1-2H3,(H,12,13). The summed E-state index contributed by atoms with van der Waals surface area (Å²) in [5.74, 6) is -0.159. The molecule has 4 nitrogen and oxygen atoms in total. The molecule has 0 aromatic heterocycles. The average Bonchev–Trinajstić information content (AvgIpc) is 2.15. The Labute approximate surface area is 93.9 Å². The monoisotopic (exact) mass is 235 g/mol. The second-order valence-electron chi connectivity index (χ2n) is 3.62. The van der Waals surface area contributed by atoms with Crippen molar-refractivity contribution in [3.8, 4) is 0 Å². The fourth-order valence-electron chi connectivity index (χ4n) is 1.27. The molecule has 0 aliphatic rings. The minimum absolute atomic E-state index is 0.449. The van der Waals surface area contributed by atoms with Crippen LogP contribution in [-0.2, 0) is 15.6 Å². The summed E-state index contributed by atoms with van der Waals surface area (Å²) >= 11 is 0. The molecular formula is C10H21NO3S. The van der Waals surface area contributed by atoms with Crippen LogP contribution >= 0.6 is 0 Å². The molecule has 0 radical (unpaired) electrons. The smallest absolute Gasteiger partial charge is 0.320 e. The maximum absolute atomic E-state index is 10.8. The van der Waals surface area contributed by atoms with Gasteiger partial charge in [-0.05, 0) is 19.4 Å². The summed E-state index contributed by atoms with van der Waals surface area (Å²) in [7, 11) is -0.784. The topological polar surface area (TPSA) is 66.4 Å². The zero-order valence-corrected chi connectivity index (χ0v) is 10.3. The third kappa shape index (κ3) is 8.57. The quantitative estimate of drug-likeness (QED) is 0.585. The molecule has 0 amide bonds. The summed E-state index contributed by atoms with van der Waals surface area (Å²) < 4.78 is 10.8. The maximum Gasteiger partial charge on any atom is 0.320 e. The molecule has 0 saturated heterocycles. The highest BCUT2D eigenvalue weighted by molar-refractivity contribution is 7.84. The van der Waals surface area contributed by atoms with Crippen molar-refractivity contribution < 1.29 is 14.1 Å². The SMILES string of the molecule is CCCCC(NCCCS(C)=O)C(=O)O. The van der Waals surface area contributed by atoms with Crippen LogP contribution in [0.25, 0.3) is 0 Å². The van der Waals surface area contributed by atoms with E-state index in [0.29, 0.717) is 18.7 Å². The van der Waals surface area contributed by atoms with Gasteiger partial charge in [0, 0.05) is 22.8 Å². The van der Waals surface area contributed by atoms with Crippen LogP contribution in [0.1, 0.15) is 32.6 Å². The molecule has 0 fully saturated rings. The highest BCUT2D eigenvalue weighted by Crippen LogP contribution is 2.00. The molecule has 0 spiro atoms.